The number of hydrogen-bond donors (Lipinski definition) is 3. The summed E-state index contributed by atoms with van der Waals surface area (Å²) in [4.78, 5) is 25.2. The summed E-state index contributed by atoms with van der Waals surface area (Å²) in [6.07, 6.45) is 5.07. The minimum atomic E-state index is -2.96. The molecule has 12 heteroatoms. The molecule has 1 saturated heterocycles. The number of hydrazone groups is 1. The number of rotatable bonds is 11. The van der Waals surface area contributed by atoms with E-state index in [0.29, 0.717) is 48.1 Å². The van der Waals surface area contributed by atoms with Crippen molar-refractivity contribution in [1.29, 1.82) is 0 Å². The molecule has 1 saturated carbocycles. The Labute approximate surface area is 240 Å². The van der Waals surface area contributed by atoms with Crippen LogP contribution in [-0.2, 0) is 4.79 Å². The molecule has 3 amide bonds. The van der Waals surface area contributed by atoms with E-state index >= 15 is 0 Å². The third-order valence-electron chi connectivity index (χ3n) is 6.75. The highest BCUT2D eigenvalue weighted by Gasteiger charge is 2.30. The standard InChI is InChI=1S/C30H30F3N5O4/c31-21-6-8-23(9-7-21)36-30(40)37-24-12-10-22(11-13-24)35-28(39)25-2-1-15-38(25)34-17-20-5-14-26(42-29(32)33)27(16-20)41-18-19-3-4-19/h5-14,16-17,19,25,29H,1-4,15,18H2,(H,35,39)(H2,36,37,40)/b34-17+/t25-/m0/s1. The number of carbonyl (C=O) groups is 2. The Kier molecular flexibility index (Phi) is 9.10. The Balaban J connectivity index is 1.16. The number of ether oxygens (including phenoxy) is 2. The molecule has 2 fully saturated rings. The summed E-state index contributed by atoms with van der Waals surface area (Å²) in [6.45, 7) is -1.94. The van der Waals surface area contributed by atoms with Crippen molar-refractivity contribution in [3.05, 3.63) is 78.1 Å². The number of nitrogens with zero attached hydrogens (tertiary/aromatic N) is 2. The number of nitrogens with one attached hydrogen (secondary N) is 3. The molecule has 220 valence electrons. The fourth-order valence-electron chi connectivity index (χ4n) is 4.39. The van der Waals surface area contributed by atoms with E-state index in [1.54, 1.807) is 47.6 Å². The summed E-state index contributed by atoms with van der Waals surface area (Å²) in [5.74, 6) is 0.00619. The summed E-state index contributed by atoms with van der Waals surface area (Å²) >= 11 is 0. The Bertz CT molecular complexity index is 1420. The van der Waals surface area contributed by atoms with Crippen LogP contribution in [0.15, 0.2) is 71.8 Å². The highest BCUT2D eigenvalue weighted by Crippen LogP contribution is 2.34. The lowest BCUT2D eigenvalue weighted by Gasteiger charge is -2.21. The predicted octanol–water partition coefficient (Wildman–Crippen LogP) is 6.30. The number of amides is 3. The second kappa shape index (κ2) is 13.3. The van der Waals surface area contributed by atoms with Gasteiger partial charge in [0.1, 0.15) is 11.9 Å². The first kappa shape index (κ1) is 28.8. The smallest absolute Gasteiger partial charge is 0.387 e. The normalized spacial score (nSPS) is 16.5. The molecule has 3 N–H and O–H groups in total. The maximum Gasteiger partial charge on any atom is 0.387 e. The van der Waals surface area contributed by atoms with Crippen LogP contribution in [0.5, 0.6) is 11.5 Å². The van der Waals surface area contributed by atoms with Crippen molar-refractivity contribution < 1.29 is 32.2 Å². The van der Waals surface area contributed by atoms with E-state index in [1.165, 1.54) is 30.3 Å². The van der Waals surface area contributed by atoms with Gasteiger partial charge in [0.25, 0.3) is 0 Å². The van der Waals surface area contributed by atoms with Crippen molar-refractivity contribution in [2.75, 3.05) is 29.1 Å². The Morgan fingerprint density at radius 1 is 0.905 bits per heavy atom. The topological polar surface area (TPSA) is 104 Å². The number of benzene rings is 3. The minimum absolute atomic E-state index is 0.0315. The SMILES string of the molecule is O=C(Nc1ccc(F)cc1)Nc1ccc(NC(=O)[C@@H]2CCCN2/N=C/c2ccc(OC(F)F)c(OCC3CC3)c2)cc1. The van der Waals surface area contributed by atoms with E-state index in [-0.39, 0.29) is 17.4 Å². The van der Waals surface area contributed by atoms with Crippen LogP contribution in [-0.4, -0.2) is 49.0 Å². The Morgan fingerprint density at radius 3 is 2.19 bits per heavy atom. The summed E-state index contributed by atoms with van der Waals surface area (Å²) in [5.41, 5.74) is 2.12. The van der Waals surface area contributed by atoms with E-state index in [4.69, 9.17) is 4.74 Å². The summed E-state index contributed by atoms with van der Waals surface area (Å²) in [7, 11) is 0. The number of carbonyl (C=O) groups excluding carboxylic acids is 2. The molecule has 0 radical (unpaired) electrons. The number of hydrogen-bond acceptors (Lipinski definition) is 6. The molecule has 42 heavy (non-hydrogen) atoms. The number of halogens is 3. The predicted molar refractivity (Wildman–Crippen MR) is 153 cm³/mol. The lowest BCUT2D eigenvalue weighted by Crippen LogP contribution is -2.36. The van der Waals surface area contributed by atoms with Gasteiger partial charge in [0.05, 0.1) is 12.8 Å². The van der Waals surface area contributed by atoms with Gasteiger partial charge in [-0.2, -0.15) is 13.9 Å². The van der Waals surface area contributed by atoms with Crippen LogP contribution >= 0.6 is 0 Å². The quantitative estimate of drug-likeness (QED) is 0.231. The lowest BCUT2D eigenvalue weighted by atomic mass is 10.2. The first-order valence-corrected chi connectivity index (χ1v) is 13.6. The number of urea groups is 1. The number of anilines is 3. The molecule has 1 aliphatic carbocycles. The van der Waals surface area contributed by atoms with Crippen molar-refractivity contribution in [3.8, 4) is 11.5 Å². The van der Waals surface area contributed by atoms with Gasteiger partial charge in [-0.1, -0.05) is 0 Å². The molecule has 0 unspecified atom stereocenters. The molecule has 9 nitrogen and oxygen atoms in total. The van der Waals surface area contributed by atoms with Crippen molar-refractivity contribution in [2.24, 2.45) is 11.0 Å². The van der Waals surface area contributed by atoms with E-state index < -0.39 is 24.5 Å². The van der Waals surface area contributed by atoms with Gasteiger partial charge < -0.3 is 25.4 Å². The van der Waals surface area contributed by atoms with Gasteiger partial charge >= 0.3 is 12.6 Å². The van der Waals surface area contributed by atoms with Crippen molar-refractivity contribution in [1.82, 2.24) is 5.01 Å². The highest BCUT2D eigenvalue weighted by atomic mass is 19.3. The average molecular weight is 582 g/mol. The Morgan fingerprint density at radius 2 is 1.55 bits per heavy atom. The third kappa shape index (κ3) is 8.15. The van der Waals surface area contributed by atoms with Crippen molar-refractivity contribution in [2.45, 2.75) is 38.3 Å². The van der Waals surface area contributed by atoms with E-state index in [1.807, 2.05) is 0 Å². The molecule has 0 bridgehead atoms. The summed E-state index contributed by atoms with van der Waals surface area (Å²) < 4.78 is 49.0. The second-order valence-corrected chi connectivity index (χ2v) is 10.1. The highest BCUT2D eigenvalue weighted by molar-refractivity contribution is 6.00. The van der Waals surface area contributed by atoms with Gasteiger partial charge in [-0.25, -0.2) is 9.18 Å². The van der Waals surface area contributed by atoms with Gasteiger partial charge in [-0.15, -0.1) is 0 Å². The van der Waals surface area contributed by atoms with Gasteiger partial charge in [-0.3, -0.25) is 9.80 Å². The molecule has 0 spiro atoms. The molecular weight excluding hydrogens is 551 g/mol. The van der Waals surface area contributed by atoms with E-state index in [2.05, 4.69) is 25.8 Å². The van der Waals surface area contributed by atoms with Gasteiger partial charge in [-0.05, 0) is 104 Å². The fourth-order valence-corrected chi connectivity index (χ4v) is 4.39. The summed E-state index contributed by atoms with van der Waals surface area (Å²) in [6, 6.07) is 15.7. The molecule has 5 rings (SSSR count). The zero-order chi connectivity index (χ0) is 29.5. The van der Waals surface area contributed by atoms with Crippen LogP contribution in [0, 0.1) is 11.7 Å². The first-order chi connectivity index (χ1) is 20.3. The molecule has 3 aromatic carbocycles. The number of alkyl halides is 2. The van der Waals surface area contributed by atoms with Crippen molar-refractivity contribution >= 4 is 35.2 Å². The maximum atomic E-state index is 13.0. The second-order valence-electron chi connectivity index (χ2n) is 10.1. The van der Waals surface area contributed by atoms with Crippen LogP contribution in [0.25, 0.3) is 0 Å². The van der Waals surface area contributed by atoms with Crippen LogP contribution in [0.4, 0.5) is 35.0 Å². The van der Waals surface area contributed by atoms with Crippen LogP contribution in [0.3, 0.4) is 0 Å². The van der Waals surface area contributed by atoms with Gasteiger partial charge in [0.15, 0.2) is 11.5 Å². The minimum Gasteiger partial charge on any atom is -0.489 e. The lowest BCUT2D eigenvalue weighted by molar-refractivity contribution is -0.120. The average Bonchev–Trinajstić information content (AvgIpc) is 3.68. The fraction of sp³-hybridized carbons (Fsp3) is 0.300. The molecule has 1 atom stereocenters. The van der Waals surface area contributed by atoms with Gasteiger partial charge in [0.2, 0.25) is 5.91 Å². The first-order valence-electron chi connectivity index (χ1n) is 13.6. The monoisotopic (exact) mass is 581 g/mol. The Hall–Kier alpha value is -4.74. The van der Waals surface area contributed by atoms with Crippen LogP contribution < -0.4 is 25.4 Å². The molecule has 3 aromatic rings. The zero-order valence-corrected chi connectivity index (χ0v) is 22.6. The maximum absolute atomic E-state index is 13.0. The summed E-state index contributed by atoms with van der Waals surface area (Å²) in [5, 5.41) is 14.3. The molecule has 1 heterocycles. The van der Waals surface area contributed by atoms with Gasteiger partial charge in [0, 0.05) is 23.6 Å². The largest absolute Gasteiger partial charge is 0.489 e. The molecule has 1 aliphatic heterocycles. The van der Waals surface area contributed by atoms with Crippen LogP contribution in [0.1, 0.15) is 31.2 Å². The van der Waals surface area contributed by atoms with Crippen LogP contribution in [0.2, 0.25) is 0 Å². The molecule has 2 aliphatic rings. The third-order valence-corrected chi connectivity index (χ3v) is 6.75. The molecular formula is C30H30F3N5O4. The van der Waals surface area contributed by atoms with E-state index in [0.717, 1.165) is 19.3 Å². The van der Waals surface area contributed by atoms with E-state index in [9.17, 15) is 22.8 Å². The van der Waals surface area contributed by atoms with Crippen molar-refractivity contribution in [3.63, 3.8) is 0 Å². The zero-order valence-electron chi connectivity index (χ0n) is 22.6. The molecule has 0 aromatic heterocycles.